The number of nitro groups is 1. The number of nitrogens with one attached hydrogen (secondary N) is 1. The number of H-pyrrole nitrogens is 1. The number of carbonyl (C=O) groups excluding carboxylic acids is 1. The molecule has 2 aromatic rings. The monoisotopic (exact) mass is 358 g/mol. The molecule has 1 unspecified atom stereocenters. The molecular formula is C18H22N4O4. The standard InChI is InChI=1S/C18H22N4O4/c1-11-16(18(24)20-13(3)19-11)8-9-17(23)21(4)12(2)14-6-5-7-15(10-14)22(25)26/h5-7,10,12H,8-9H2,1-4H3,(H,19,20,24). The van der Waals surface area contributed by atoms with E-state index in [0.29, 0.717) is 29.1 Å². The average molecular weight is 358 g/mol. The van der Waals surface area contributed by atoms with E-state index in [9.17, 15) is 19.7 Å². The maximum atomic E-state index is 12.5. The van der Waals surface area contributed by atoms with Crippen molar-refractivity contribution in [3.05, 3.63) is 67.4 Å². The quantitative estimate of drug-likeness (QED) is 0.630. The zero-order valence-corrected chi connectivity index (χ0v) is 15.3. The zero-order chi connectivity index (χ0) is 19.4. The molecule has 0 spiro atoms. The van der Waals surface area contributed by atoms with E-state index >= 15 is 0 Å². The van der Waals surface area contributed by atoms with Gasteiger partial charge in [-0.25, -0.2) is 4.98 Å². The van der Waals surface area contributed by atoms with Crippen molar-refractivity contribution in [2.24, 2.45) is 0 Å². The van der Waals surface area contributed by atoms with E-state index in [4.69, 9.17) is 0 Å². The highest BCUT2D eigenvalue weighted by Gasteiger charge is 2.20. The van der Waals surface area contributed by atoms with Gasteiger partial charge in [-0.1, -0.05) is 12.1 Å². The van der Waals surface area contributed by atoms with Crippen molar-refractivity contribution in [1.29, 1.82) is 0 Å². The van der Waals surface area contributed by atoms with E-state index in [-0.39, 0.29) is 29.6 Å². The second kappa shape index (κ2) is 7.90. The molecule has 138 valence electrons. The van der Waals surface area contributed by atoms with Crippen LogP contribution in [-0.2, 0) is 11.2 Å². The minimum absolute atomic E-state index is 0.0110. The molecule has 0 saturated heterocycles. The van der Waals surface area contributed by atoms with Crippen LogP contribution in [0.3, 0.4) is 0 Å². The molecule has 0 aliphatic rings. The second-order valence-electron chi connectivity index (χ2n) is 6.25. The summed E-state index contributed by atoms with van der Waals surface area (Å²) < 4.78 is 0. The lowest BCUT2D eigenvalue weighted by Crippen LogP contribution is -2.30. The summed E-state index contributed by atoms with van der Waals surface area (Å²) in [6.45, 7) is 5.26. The highest BCUT2D eigenvalue weighted by molar-refractivity contribution is 5.76. The zero-order valence-electron chi connectivity index (χ0n) is 15.3. The van der Waals surface area contributed by atoms with E-state index in [0.717, 1.165) is 0 Å². The molecule has 0 fully saturated rings. The Labute approximate surface area is 151 Å². The molecule has 0 saturated carbocycles. The number of hydrogen-bond acceptors (Lipinski definition) is 5. The molecule has 2 rings (SSSR count). The van der Waals surface area contributed by atoms with Crippen molar-refractivity contribution in [2.75, 3.05) is 7.05 Å². The fourth-order valence-corrected chi connectivity index (χ4v) is 2.79. The maximum absolute atomic E-state index is 12.5. The number of non-ortho nitro benzene ring substituents is 1. The Morgan fingerprint density at radius 2 is 2.08 bits per heavy atom. The van der Waals surface area contributed by atoms with Gasteiger partial charge < -0.3 is 9.88 Å². The van der Waals surface area contributed by atoms with E-state index in [1.165, 1.54) is 17.0 Å². The van der Waals surface area contributed by atoms with Gasteiger partial charge in [0.1, 0.15) is 5.82 Å². The predicted octanol–water partition coefficient (Wildman–Crippen LogP) is 2.45. The molecule has 8 heteroatoms. The van der Waals surface area contributed by atoms with Gasteiger partial charge in [-0.05, 0) is 32.8 Å². The van der Waals surface area contributed by atoms with Crippen LogP contribution in [0, 0.1) is 24.0 Å². The first kappa shape index (κ1) is 19.3. The first-order valence-corrected chi connectivity index (χ1v) is 8.27. The minimum Gasteiger partial charge on any atom is -0.339 e. The summed E-state index contributed by atoms with van der Waals surface area (Å²) in [5.74, 6) is 0.391. The van der Waals surface area contributed by atoms with Crippen LogP contribution in [0.5, 0.6) is 0 Å². The van der Waals surface area contributed by atoms with Gasteiger partial charge in [0.05, 0.1) is 11.0 Å². The fraction of sp³-hybridized carbons (Fsp3) is 0.389. The van der Waals surface area contributed by atoms with Crippen LogP contribution < -0.4 is 5.56 Å². The Hall–Kier alpha value is -3.03. The lowest BCUT2D eigenvalue weighted by molar-refractivity contribution is -0.384. The van der Waals surface area contributed by atoms with Crippen LogP contribution in [-0.4, -0.2) is 32.7 Å². The Balaban J connectivity index is 2.09. The smallest absolute Gasteiger partial charge is 0.269 e. The van der Waals surface area contributed by atoms with Gasteiger partial charge in [0, 0.05) is 36.9 Å². The normalized spacial score (nSPS) is 11.8. The third-order valence-electron chi connectivity index (χ3n) is 4.47. The van der Waals surface area contributed by atoms with Crippen molar-refractivity contribution in [1.82, 2.24) is 14.9 Å². The molecule has 1 heterocycles. The number of hydrogen-bond donors (Lipinski definition) is 1. The van der Waals surface area contributed by atoms with E-state index < -0.39 is 4.92 Å². The largest absolute Gasteiger partial charge is 0.339 e. The van der Waals surface area contributed by atoms with Crippen LogP contribution in [0.25, 0.3) is 0 Å². The van der Waals surface area contributed by atoms with Crippen LogP contribution in [0.4, 0.5) is 5.69 Å². The Kier molecular flexibility index (Phi) is 5.86. The molecule has 0 aliphatic heterocycles. The summed E-state index contributed by atoms with van der Waals surface area (Å²) >= 11 is 0. The first-order valence-electron chi connectivity index (χ1n) is 8.27. The first-order chi connectivity index (χ1) is 12.2. The van der Waals surface area contributed by atoms with Crippen LogP contribution >= 0.6 is 0 Å². The topological polar surface area (TPSA) is 109 Å². The third-order valence-corrected chi connectivity index (χ3v) is 4.47. The van der Waals surface area contributed by atoms with E-state index in [1.807, 2.05) is 6.92 Å². The lowest BCUT2D eigenvalue weighted by Gasteiger charge is -2.25. The molecule has 1 aromatic carbocycles. The number of amides is 1. The van der Waals surface area contributed by atoms with Crippen molar-refractivity contribution in [3.8, 4) is 0 Å². The van der Waals surface area contributed by atoms with E-state index in [2.05, 4.69) is 9.97 Å². The van der Waals surface area contributed by atoms with Gasteiger partial charge in [-0.2, -0.15) is 0 Å². The number of benzene rings is 1. The number of nitro benzene ring substituents is 1. The van der Waals surface area contributed by atoms with Crippen LogP contribution in [0.2, 0.25) is 0 Å². The summed E-state index contributed by atoms with van der Waals surface area (Å²) in [6.07, 6.45) is 0.448. The Morgan fingerprint density at radius 3 is 2.69 bits per heavy atom. The summed E-state index contributed by atoms with van der Waals surface area (Å²) in [7, 11) is 1.65. The van der Waals surface area contributed by atoms with Gasteiger partial charge in [0.25, 0.3) is 11.2 Å². The third kappa shape index (κ3) is 4.33. The van der Waals surface area contributed by atoms with Gasteiger partial charge in [0.15, 0.2) is 0 Å². The number of nitrogens with zero attached hydrogens (tertiary/aromatic N) is 3. The van der Waals surface area contributed by atoms with Gasteiger partial charge in [-0.3, -0.25) is 19.7 Å². The SMILES string of the molecule is Cc1nc(C)c(CCC(=O)N(C)C(C)c2cccc([N+](=O)[O-])c2)c(=O)[nH]1. The Morgan fingerprint density at radius 1 is 1.38 bits per heavy atom. The van der Waals surface area contributed by atoms with Crippen molar-refractivity contribution in [2.45, 2.75) is 39.7 Å². The highest BCUT2D eigenvalue weighted by atomic mass is 16.6. The summed E-state index contributed by atoms with van der Waals surface area (Å²) in [5, 5.41) is 10.9. The summed E-state index contributed by atoms with van der Waals surface area (Å²) in [5.41, 5.74) is 1.56. The fourth-order valence-electron chi connectivity index (χ4n) is 2.79. The number of rotatable bonds is 6. The summed E-state index contributed by atoms with van der Waals surface area (Å²) in [4.78, 5) is 43.4. The maximum Gasteiger partial charge on any atom is 0.269 e. The van der Waals surface area contributed by atoms with Gasteiger partial charge in [-0.15, -0.1) is 0 Å². The van der Waals surface area contributed by atoms with Crippen molar-refractivity contribution >= 4 is 11.6 Å². The van der Waals surface area contributed by atoms with Gasteiger partial charge in [0.2, 0.25) is 5.91 Å². The molecular weight excluding hydrogens is 336 g/mol. The molecule has 1 aromatic heterocycles. The Bertz CT molecular complexity index is 891. The van der Waals surface area contributed by atoms with Gasteiger partial charge >= 0.3 is 0 Å². The number of aryl methyl sites for hydroxylation is 2. The molecule has 1 N–H and O–H groups in total. The number of aromatic amines is 1. The van der Waals surface area contributed by atoms with Crippen LogP contribution in [0.15, 0.2) is 29.1 Å². The van der Waals surface area contributed by atoms with Crippen molar-refractivity contribution < 1.29 is 9.72 Å². The van der Waals surface area contributed by atoms with Crippen molar-refractivity contribution in [3.63, 3.8) is 0 Å². The minimum atomic E-state index is -0.461. The number of carbonyl (C=O) groups is 1. The lowest BCUT2D eigenvalue weighted by atomic mass is 10.0. The predicted molar refractivity (Wildman–Crippen MR) is 96.9 cm³/mol. The molecule has 0 radical (unpaired) electrons. The molecule has 1 amide bonds. The molecule has 0 bridgehead atoms. The highest BCUT2D eigenvalue weighted by Crippen LogP contribution is 2.23. The number of aromatic nitrogens is 2. The molecule has 1 atom stereocenters. The van der Waals surface area contributed by atoms with Crippen LogP contribution in [0.1, 0.15) is 42.0 Å². The molecule has 0 aliphatic carbocycles. The van der Waals surface area contributed by atoms with E-state index in [1.54, 1.807) is 33.0 Å². The average Bonchev–Trinajstić information content (AvgIpc) is 2.59. The summed E-state index contributed by atoms with van der Waals surface area (Å²) in [6, 6.07) is 5.91. The molecule has 8 nitrogen and oxygen atoms in total. The second-order valence-corrected chi connectivity index (χ2v) is 6.25. The molecule has 26 heavy (non-hydrogen) atoms.